The van der Waals surface area contributed by atoms with Gasteiger partial charge in [-0.15, -0.1) is 0 Å². The molecule has 1 atom stereocenters. The molecule has 0 heterocycles. The number of ether oxygens (including phenoxy) is 1. The SMILES string of the molecule is CC[C@@H](C(=O)NCC(C)C)N(Cc1ccc(F)cc1)C(=O)CN(c1cc(Cl)ccc1OC)S(=O)(=O)c1ccc(C)cc1. The van der Waals surface area contributed by atoms with Crippen LogP contribution < -0.4 is 14.4 Å². The van der Waals surface area contributed by atoms with Crippen LogP contribution in [0.2, 0.25) is 5.02 Å². The van der Waals surface area contributed by atoms with Crippen LogP contribution in [0, 0.1) is 18.7 Å². The molecule has 0 unspecified atom stereocenters. The van der Waals surface area contributed by atoms with Gasteiger partial charge >= 0.3 is 0 Å². The molecule has 0 bridgehead atoms. The van der Waals surface area contributed by atoms with E-state index in [1.807, 2.05) is 20.8 Å². The molecule has 0 radical (unpaired) electrons. The van der Waals surface area contributed by atoms with Gasteiger partial charge in [0.1, 0.15) is 24.2 Å². The van der Waals surface area contributed by atoms with Crippen LogP contribution in [0.25, 0.3) is 0 Å². The Morgan fingerprint density at radius 2 is 1.67 bits per heavy atom. The first kappa shape index (κ1) is 32.9. The maximum atomic E-state index is 14.1. The lowest BCUT2D eigenvalue weighted by Crippen LogP contribution is -2.52. The minimum Gasteiger partial charge on any atom is -0.495 e. The molecule has 3 aromatic carbocycles. The lowest BCUT2D eigenvalue weighted by molar-refractivity contribution is -0.140. The number of carbonyl (C=O) groups excluding carboxylic acids is 2. The number of anilines is 1. The van der Waals surface area contributed by atoms with E-state index in [0.29, 0.717) is 12.1 Å². The number of benzene rings is 3. The Kier molecular flexibility index (Phi) is 11.4. The molecule has 8 nitrogen and oxygen atoms in total. The Morgan fingerprint density at radius 3 is 2.24 bits per heavy atom. The number of hydrogen-bond donors (Lipinski definition) is 1. The number of sulfonamides is 1. The van der Waals surface area contributed by atoms with E-state index in [-0.39, 0.29) is 46.1 Å². The van der Waals surface area contributed by atoms with E-state index in [4.69, 9.17) is 16.3 Å². The number of carbonyl (C=O) groups is 2. The molecular weight excluding hydrogens is 581 g/mol. The molecule has 0 aliphatic carbocycles. The van der Waals surface area contributed by atoms with Gasteiger partial charge in [-0.1, -0.05) is 62.2 Å². The zero-order chi connectivity index (χ0) is 31.0. The fourth-order valence-electron chi connectivity index (χ4n) is 4.34. The average Bonchev–Trinajstić information content (AvgIpc) is 2.95. The largest absolute Gasteiger partial charge is 0.495 e. The van der Waals surface area contributed by atoms with Gasteiger partial charge in [0.25, 0.3) is 10.0 Å². The summed E-state index contributed by atoms with van der Waals surface area (Å²) in [6.07, 6.45) is 0.266. The lowest BCUT2D eigenvalue weighted by atomic mass is 10.1. The third-order valence-corrected chi connectivity index (χ3v) is 8.64. The first-order valence-corrected chi connectivity index (χ1v) is 15.4. The average molecular weight is 618 g/mol. The second kappa shape index (κ2) is 14.5. The highest BCUT2D eigenvalue weighted by Gasteiger charge is 2.35. The molecule has 0 fully saturated rings. The fourth-order valence-corrected chi connectivity index (χ4v) is 5.92. The summed E-state index contributed by atoms with van der Waals surface area (Å²) in [4.78, 5) is 28.7. The van der Waals surface area contributed by atoms with E-state index in [2.05, 4.69) is 5.32 Å². The number of nitrogens with one attached hydrogen (secondary N) is 1. The molecule has 2 amide bonds. The minimum absolute atomic E-state index is 0.0327. The zero-order valence-electron chi connectivity index (χ0n) is 24.4. The van der Waals surface area contributed by atoms with Gasteiger partial charge in [0, 0.05) is 18.1 Å². The Hall–Kier alpha value is -3.63. The van der Waals surface area contributed by atoms with Crippen LogP contribution in [0.3, 0.4) is 0 Å². The van der Waals surface area contributed by atoms with Crippen molar-refractivity contribution in [2.75, 3.05) is 24.5 Å². The van der Waals surface area contributed by atoms with E-state index >= 15 is 0 Å². The molecule has 0 spiro atoms. The van der Waals surface area contributed by atoms with Gasteiger partial charge in [0.05, 0.1) is 17.7 Å². The standard InChI is InChI=1S/C31H37ClFN3O5S/c1-6-27(31(38)34-18-21(2)3)35(19-23-9-12-25(33)13-10-23)30(37)20-36(28-17-24(32)11-16-29(28)41-5)42(39,40)26-14-7-22(4)8-15-26/h7-17,21,27H,6,18-20H2,1-5H3,(H,34,38)/t27-/m0/s1. The van der Waals surface area contributed by atoms with Crippen LogP contribution in [-0.2, 0) is 26.2 Å². The third-order valence-electron chi connectivity index (χ3n) is 6.63. The molecule has 1 N–H and O–H groups in total. The number of amides is 2. The van der Waals surface area contributed by atoms with E-state index in [1.165, 1.54) is 60.5 Å². The van der Waals surface area contributed by atoms with Crippen molar-refractivity contribution in [3.05, 3.63) is 88.7 Å². The molecule has 11 heteroatoms. The second-order valence-electron chi connectivity index (χ2n) is 10.4. The Labute approximate surface area is 252 Å². The molecule has 0 aliphatic heterocycles. The monoisotopic (exact) mass is 617 g/mol. The predicted molar refractivity (Wildman–Crippen MR) is 163 cm³/mol. The maximum absolute atomic E-state index is 14.1. The van der Waals surface area contributed by atoms with Crippen molar-refractivity contribution >= 4 is 39.1 Å². The molecular formula is C31H37ClFN3O5S. The summed E-state index contributed by atoms with van der Waals surface area (Å²) in [5.41, 5.74) is 1.51. The first-order valence-electron chi connectivity index (χ1n) is 13.6. The maximum Gasteiger partial charge on any atom is 0.264 e. The van der Waals surface area contributed by atoms with Crippen molar-refractivity contribution in [1.82, 2.24) is 10.2 Å². The summed E-state index contributed by atoms with van der Waals surface area (Å²) in [6, 6.07) is 15.4. The molecule has 0 aliphatic rings. The number of methoxy groups -OCH3 is 1. The van der Waals surface area contributed by atoms with Crippen molar-refractivity contribution in [2.24, 2.45) is 5.92 Å². The Morgan fingerprint density at radius 1 is 1.02 bits per heavy atom. The lowest BCUT2D eigenvalue weighted by Gasteiger charge is -2.33. The van der Waals surface area contributed by atoms with Crippen LogP contribution in [0.1, 0.15) is 38.3 Å². The quantitative estimate of drug-likeness (QED) is 0.271. The number of rotatable bonds is 13. The zero-order valence-corrected chi connectivity index (χ0v) is 26.0. The number of aryl methyl sites for hydroxylation is 1. The number of nitrogens with zero attached hydrogens (tertiary/aromatic N) is 2. The number of hydrogen-bond acceptors (Lipinski definition) is 5. The number of halogens is 2. The topological polar surface area (TPSA) is 96.0 Å². The van der Waals surface area contributed by atoms with Gasteiger partial charge in [-0.3, -0.25) is 13.9 Å². The predicted octanol–water partition coefficient (Wildman–Crippen LogP) is 5.57. The summed E-state index contributed by atoms with van der Waals surface area (Å²) in [5.74, 6) is -1.08. The van der Waals surface area contributed by atoms with Crippen molar-refractivity contribution in [3.8, 4) is 5.75 Å². The third kappa shape index (κ3) is 8.23. The van der Waals surface area contributed by atoms with Crippen molar-refractivity contribution in [3.63, 3.8) is 0 Å². The highest BCUT2D eigenvalue weighted by atomic mass is 35.5. The molecule has 3 rings (SSSR count). The summed E-state index contributed by atoms with van der Waals surface area (Å²) in [6.45, 7) is 7.22. The second-order valence-corrected chi connectivity index (χ2v) is 12.7. The minimum atomic E-state index is -4.30. The van der Waals surface area contributed by atoms with Gasteiger partial charge in [-0.25, -0.2) is 12.8 Å². The van der Waals surface area contributed by atoms with E-state index in [9.17, 15) is 22.4 Å². The van der Waals surface area contributed by atoms with Crippen molar-refractivity contribution in [2.45, 2.75) is 51.6 Å². The van der Waals surface area contributed by atoms with Gasteiger partial charge < -0.3 is 15.0 Å². The van der Waals surface area contributed by atoms with E-state index in [0.717, 1.165) is 9.87 Å². The molecule has 226 valence electrons. The van der Waals surface area contributed by atoms with Gasteiger partial charge in [0.15, 0.2) is 0 Å². The first-order chi connectivity index (χ1) is 19.9. The van der Waals surface area contributed by atoms with E-state index < -0.39 is 34.3 Å². The van der Waals surface area contributed by atoms with Gasteiger partial charge in [0.2, 0.25) is 11.8 Å². The smallest absolute Gasteiger partial charge is 0.264 e. The van der Waals surface area contributed by atoms with Gasteiger partial charge in [-0.2, -0.15) is 0 Å². The Bertz CT molecular complexity index is 1480. The van der Waals surface area contributed by atoms with Crippen LogP contribution in [0.5, 0.6) is 5.75 Å². The summed E-state index contributed by atoms with van der Waals surface area (Å²) < 4.78 is 48.2. The van der Waals surface area contributed by atoms with Crippen molar-refractivity contribution in [1.29, 1.82) is 0 Å². The summed E-state index contributed by atoms with van der Waals surface area (Å²) in [7, 11) is -2.92. The highest BCUT2D eigenvalue weighted by Crippen LogP contribution is 2.35. The summed E-state index contributed by atoms with van der Waals surface area (Å²) in [5, 5.41) is 3.11. The van der Waals surface area contributed by atoms with Gasteiger partial charge in [-0.05, 0) is 67.3 Å². The summed E-state index contributed by atoms with van der Waals surface area (Å²) >= 11 is 6.27. The molecule has 42 heavy (non-hydrogen) atoms. The van der Waals surface area contributed by atoms with Crippen molar-refractivity contribution < 1.29 is 27.1 Å². The highest BCUT2D eigenvalue weighted by molar-refractivity contribution is 7.92. The van der Waals surface area contributed by atoms with E-state index in [1.54, 1.807) is 25.1 Å². The fraction of sp³-hybridized carbons (Fsp3) is 0.355. The van der Waals surface area contributed by atoms with Crippen LogP contribution in [0.15, 0.2) is 71.6 Å². The molecule has 0 aromatic heterocycles. The van der Waals surface area contributed by atoms with Crippen LogP contribution >= 0.6 is 11.6 Å². The normalized spacial score (nSPS) is 12.1. The molecule has 3 aromatic rings. The van der Waals surface area contributed by atoms with Crippen LogP contribution in [0.4, 0.5) is 10.1 Å². The Balaban J connectivity index is 2.11. The molecule has 0 saturated heterocycles. The molecule has 0 saturated carbocycles. The van der Waals surface area contributed by atoms with Crippen LogP contribution in [-0.4, -0.2) is 51.4 Å².